The first-order chi connectivity index (χ1) is 14.7. The Hall–Kier alpha value is -3.32. The number of alkyl carbamates (subject to hydrolysis) is 1. The number of carbonyl (C=O) groups is 2. The molecule has 0 fully saturated rings. The van der Waals surface area contributed by atoms with Crippen molar-refractivity contribution >= 4 is 23.0 Å². The van der Waals surface area contributed by atoms with Crippen LogP contribution in [0.1, 0.15) is 31.9 Å². The molecule has 0 unspecified atom stereocenters. The lowest BCUT2D eigenvalue weighted by Gasteiger charge is -2.21. The summed E-state index contributed by atoms with van der Waals surface area (Å²) in [5.41, 5.74) is 2.42. The summed E-state index contributed by atoms with van der Waals surface area (Å²) in [7, 11) is 1.95. The summed E-state index contributed by atoms with van der Waals surface area (Å²) in [4.78, 5) is 26.2. The minimum atomic E-state index is -1.10. The SMILES string of the molecule is CC(C)(C)OC(=O)N[C@@H](Cc1c[nH]c2ccccc12)C(=O)O.CNCc1ccccc1. The number of para-hydroxylation sites is 1. The first-order valence-corrected chi connectivity index (χ1v) is 10.2. The van der Waals surface area contributed by atoms with Crippen molar-refractivity contribution in [2.75, 3.05) is 7.05 Å². The van der Waals surface area contributed by atoms with Gasteiger partial charge in [-0.05, 0) is 45.0 Å². The van der Waals surface area contributed by atoms with E-state index < -0.39 is 23.7 Å². The van der Waals surface area contributed by atoms with Gasteiger partial charge >= 0.3 is 12.1 Å². The van der Waals surface area contributed by atoms with E-state index in [2.05, 4.69) is 27.8 Å². The van der Waals surface area contributed by atoms with Gasteiger partial charge in [0.05, 0.1) is 0 Å². The third kappa shape index (κ3) is 8.14. The fourth-order valence-corrected chi connectivity index (χ4v) is 2.97. The van der Waals surface area contributed by atoms with E-state index in [4.69, 9.17) is 4.74 Å². The largest absolute Gasteiger partial charge is 0.480 e. The molecule has 1 heterocycles. The Morgan fingerprint density at radius 1 is 1.06 bits per heavy atom. The van der Waals surface area contributed by atoms with E-state index in [1.807, 2.05) is 49.5 Å². The second-order valence-electron chi connectivity index (χ2n) is 8.12. The average Bonchev–Trinajstić information content (AvgIpc) is 3.11. The van der Waals surface area contributed by atoms with Gasteiger partial charge < -0.3 is 25.5 Å². The molecular weight excluding hydrogens is 394 g/mol. The van der Waals surface area contributed by atoms with Gasteiger partial charge in [-0.15, -0.1) is 0 Å². The number of carboxylic acid groups (broad SMARTS) is 1. The number of carboxylic acids is 1. The molecule has 3 aromatic rings. The molecule has 31 heavy (non-hydrogen) atoms. The predicted molar refractivity (Wildman–Crippen MR) is 122 cm³/mol. The van der Waals surface area contributed by atoms with E-state index in [9.17, 15) is 14.7 Å². The van der Waals surface area contributed by atoms with Gasteiger partial charge in [-0.3, -0.25) is 0 Å². The van der Waals surface area contributed by atoms with Gasteiger partial charge in [0.25, 0.3) is 0 Å². The van der Waals surface area contributed by atoms with E-state index in [0.717, 1.165) is 23.0 Å². The van der Waals surface area contributed by atoms with Crippen LogP contribution in [0.5, 0.6) is 0 Å². The van der Waals surface area contributed by atoms with Crippen LogP contribution in [0.4, 0.5) is 4.79 Å². The zero-order valence-electron chi connectivity index (χ0n) is 18.4. The molecule has 0 saturated carbocycles. The first-order valence-electron chi connectivity index (χ1n) is 10.2. The van der Waals surface area contributed by atoms with Gasteiger partial charge in [0.15, 0.2) is 0 Å². The lowest BCUT2D eigenvalue weighted by molar-refractivity contribution is -0.139. The fraction of sp³-hybridized carbons (Fsp3) is 0.333. The number of rotatable bonds is 6. The summed E-state index contributed by atoms with van der Waals surface area (Å²) >= 11 is 0. The normalized spacial score (nSPS) is 11.9. The molecule has 3 rings (SSSR count). The topological polar surface area (TPSA) is 103 Å². The molecule has 1 atom stereocenters. The Kier molecular flexibility index (Phi) is 8.63. The molecule has 7 heteroatoms. The van der Waals surface area contributed by atoms with E-state index in [1.165, 1.54) is 5.56 Å². The maximum atomic E-state index is 11.8. The van der Waals surface area contributed by atoms with Crippen molar-refractivity contribution in [2.45, 2.75) is 45.4 Å². The van der Waals surface area contributed by atoms with Crippen LogP contribution < -0.4 is 10.6 Å². The van der Waals surface area contributed by atoms with Crippen molar-refractivity contribution in [2.24, 2.45) is 0 Å². The summed E-state index contributed by atoms with van der Waals surface area (Å²) in [6.45, 7) is 6.13. The maximum Gasteiger partial charge on any atom is 0.408 e. The second kappa shape index (κ2) is 11.2. The number of fused-ring (bicyclic) bond motifs is 1. The quantitative estimate of drug-likeness (QED) is 0.476. The van der Waals surface area contributed by atoms with Gasteiger partial charge in [-0.2, -0.15) is 0 Å². The van der Waals surface area contributed by atoms with Crippen molar-refractivity contribution in [3.63, 3.8) is 0 Å². The highest BCUT2D eigenvalue weighted by Gasteiger charge is 2.25. The van der Waals surface area contributed by atoms with Crippen molar-refractivity contribution in [3.05, 3.63) is 71.9 Å². The van der Waals surface area contributed by atoms with Gasteiger partial charge in [0, 0.05) is 30.1 Å². The molecule has 0 radical (unpaired) electrons. The highest BCUT2D eigenvalue weighted by molar-refractivity contribution is 5.85. The number of H-pyrrole nitrogens is 1. The smallest absolute Gasteiger partial charge is 0.408 e. The molecule has 0 saturated heterocycles. The molecule has 0 bridgehead atoms. The van der Waals surface area contributed by atoms with Crippen LogP contribution in [0, 0.1) is 0 Å². The Bertz CT molecular complexity index is 977. The monoisotopic (exact) mass is 425 g/mol. The fourth-order valence-electron chi connectivity index (χ4n) is 2.97. The zero-order valence-corrected chi connectivity index (χ0v) is 18.4. The molecule has 2 aromatic carbocycles. The van der Waals surface area contributed by atoms with Crippen LogP contribution in [0.2, 0.25) is 0 Å². The molecular formula is C24H31N3O4. The van der Waals surface area contributed by atoms with Crippen LogP contribution in [0.25, 0.3) is 10.9 Å². The van der Waals surface area contributed by atoms with E-state index in [1.54, 1.807) is 27.0 Å². The minimum absolute atomic E-state index is 0.179. The third-order valence-electron chi connectivity index (χ3n) is 4.31. The maximum absolute atomic E-state index is 11.8. The highest BCUT2D eigenvalue weighted by Crippen LogP contribution is 2.19. The van der Waals surface area contributed by atoms with Gasteiger partial charge in [-0.1, -0.05) is 48.5 Å². The molecule has 0 aliphatic heterocycles. The Morgan fingerprint density at radius 2 is 1.71 bits per heavy atom. The van der Waals surface area contributed by atoms with Gasteiger partial charge in [0.2, 0.25) is 0 Å². The standard InChI is InChI=1S/C16H20N2O4.C8H11N/c1-16(2,3)22-15(21)18-13(14(19)20)8-10-9-17-12-7-5-4-6-11(10)12;1-9-7-8-5-3-2-4-6-8/h4-7,9,13,17H,8H2,1-3H3,(H,18,21)(H,19,20);2-6,9H,7H2,1H3/t13-;/m0./s1. The number of hydrogen-bond acceptors (Lipinski definition) is 4. The highest BCUT2D eigenvalue weighted by atomic mass is 16.6. The summed E-state index contributed by atoms with van der Waals surface area (Å²) in [5, 5.41) is 15.7. The van der Waals surface area contributed by atoms with E-state index in [0.29, 0.717) is 0 Å². The van der Waals surface area contributed by atoms with Crippen molar-refractivity contribution < 1.29 is 19.4 Å². The summed E-state index contributed by atoms with van der Waals surface area (Å²) in [6.07, 6.45) is 1.20. The van der Waals surface area contributed by atoms with Crippen LogP contribution in [0.15, 0.2) is 60.8 Å². The lowest BCUT2D eigenvalue weighted by atomic mass is 10.1. The first kappa shape index (κ1) is 24.0. The van der Waals surface area contributed by atoms with Crippen molar-refractivity contribution in [1.29, 1.82) is 0 Å². The Morgan fingerprint density at radius 3 is 2.32 bits per heavy atom. The number of carbonyl (C=O) groups excluding carboxylic acids is 1. The van der Waals surface area contributed by atoms with Crippen molar-refractivity contribution in [1.82, 2.24) is 15.6 Å². The van der Waals surface area contributed by atoms with E-state index in [-0.39, 0.29) is 6.42 Å². The molecule has 166 valence electrons. The minimum Gasteiger partial charge on any atom is -0.480 e. The number of aliphatic carboxylic acids is 1. The zero-order chi connectivity index (χ0) is 22.9. The summed E-state index contributed by atoms with van der Waals surface area (Å²) in [6, 6.07) is 16.9. The number of aromatic amines is 1. The Balaban J connectivity index is 0.000000316. The lowest BCUT2D eigenvalue weighted by Crippen LogP contribution is -2.44. The summed E-state index contributed by atoms with van der Waals surface area (Å²) in [5.74, 6) is -1.10. The predicted octanol–water partition coefficient (Wildman–Crippen LogP) is 4.09. The number of benzene rings is 2. The molecule has 1 amide bonds. The third-order valence-corrected chi connectivity index (χ3v) is 4.31. The molecule has 7 nitrogen and oxygen atoms in total. The Labute approximate surface area is 182 Å². The molecule has 0 spiro atoms. The van der Waals surface area contributed by atoms with Crippen molar-refractivity contribution in [3.8, 4) is 0 Å². The van der Waals surface area contributed by atoms with Crippen LogP contribution >= 0.6 is 0 Å². The second-order valence-corrected chi connectivity index (χ2v) is 8.12. The number of ether oxygens (including phenoxy) is 1. The summed E-state index contributed by atoms with van der Waals surface area (Å²) < 4.78 is 5.10. The number of aromatic nitrogens is 1. The molecule has 1 aromatic heterocycles. The van der Waals surface area contributed by atoms with E-state index >= 15 is 0 Å². The number of hydrogen-bond donors (Lipinski definition) is 4. The molecule has 0 aliphatic rings. The molecule has 0 aliphatic carbocycles. The number of nitrogens with one attached hydrogen (secondary N) is 3. The van der Waals surface area contributed by atoms with Gasteiger partial charge in [0.1, 0.15) is 11.6 Å². The van der Waals surface area contributed by atoms with Crippen LogP contribution in [-0.2, 0) is 22.5 Å². The van der Waals surface area contributed by atoms with Gasteiger partial charge in [-0.25, -0.2) is 9.59 Å². The number of amides is 1. The van der Waals surface area contributed by atoms with Crippen LogP contribution in [-0.4, -0.2) is 40.8 Å². The molecule has 4 N–H and O–H groups in total. The van der Waals surface area contributed by atoms with Crippen LogP contribution in [0.3, 0.4) is 0 Å². The average molecular weight is 426 g/mol.